The molecule has 2 rings (SSSR count). The van der Waals surface area contributed by atoms with Crippen LogP contribution in [0.15, 0.2) is 41.1 Å². The maximum atomic E-state index is 11.9. The van der Waals surface area contributed by atoms with Crippen LogP contribution in [-0.2, 0) is 11.3 Å². The molecule has 2 nitrogen and oxygen atoms in total. The Labute approximate surface area is 116 Å². The van der Waals surface area contributed by atoms with Gasteiger partial charge in [-0.2, -0.15) is 11.3 Å². The average Bonchev–Trinajstić information content (AvgIpc) is 2.81. The lowest BCUT2D eigenvalue weighted by Gasteiger charge is -2.10. The molecule has 1 amide bonds. The smallest absolute Gasteiger partial charge is 0.242 e. The zero-order chi connectivity index (χ0) is 13.0. The molecule has 0 spiro atoms. The molecule has 1 aromatic heterocycles. The Bertz CT molecular complexity index is 524. The van der Waals surface area contributed by atoms with Crippen molar-refractivity contribution in [1.29, 1.82) is 0 Å². The lowest BCUT2D eigenvalue weighted by molar-refractivity contribution is -0.121. The number of hydrogen-bond acceptors (Lipinski definition) is 2. The number of amides is 1. The van der Waals surface area contributed by atoms with Gasteiger partial charge >= 0.3 is 0 Å². The standard InChI is InChI=1S/C14H14ClNOS/c1-10-8-18-9-12(10)7-16-14(17)13(15)11-5-3-2-4-6-11/h2-6,8-9,13H,7H2,1H3,(H,16,17). The van der Waals surface area contributed by atoms with Gasteiger partial charge in [0.15, 0.2) is 0 Å². The van der Waals surface area contributed by atoms with E-state index in [1.165, 1.54) is 5.56 Å². The third kappa shape index (κ3) is 3.12. The fourth-order valence-electron chi connectivity index (χ4n) is 1.61. The van der Waals surface area contributed by atoms with Crippen LogP contribution < -0.4 is 5.32 Å². The van der Waals surface area contributed by atoms with Gasteiger partial charge in [-0.3, -0.25) is 4.79 Å². The SMILES string of the molecule is Cc1cscc1CNC(=O)C(Cl)c1ccccc1. The number of alkyl halides is 1. The molecule has 1 heterocycles. The van der Waals surface area contributed by atoms with Crippen molar-refractivity contribution >= 4 is 28.8 Å². The monoisotopic (exact) mass is 279 g/mol. The first-order valence-electron chi connectivity index (χ1n) is 5.67. The van der Waals surface area contributed by atoms with Gasteiger partial charge in [0, 0.05) is 6.54 Å². The zero-order valence-corrected chi connectivity index (χ0v) is 11.6. The Morgan fingerprint density at radius 2 is 2.06 bits per heavy atom. The van der Waals surface area contributed by atoms with Gasteiger partial charge in [0.25, 0.3) is 0 Å². The van der Waals surface area contributed by atoms with Gasteiger partial charge in [-0.15, -0.1) is 11.6 Å². The molecule has 0 aliphatic rings. The van der Waals surface area contributed by atoms with E-state index in [4.69, 9.17) is 11.6 Å². The third-order valence-electron chi connectivity index (χ3n) is 2.74. The quantitative estimate of drug-likeness (QED) is 0.851. The summed E-state index contributed by atoms with van der Waals surface area (Å²) in [6.07, 6.45) is 0. The number of nitrogens with one attached hydrogen (secondary N) is 1. The molecule has 1 N–H and O–H groups in total. The maximum absolute atomic E-state index is 11.9. The number of halogens is 1. The second-order valence-electron chi connectivity index (χ2n) is 4.07. The highest BCUT2D eigenvalue weighted by molar-refractivity contribution is 7.08. The highest BCUT2D eigenvalue weighted by Gasteiger charge is 2.16. The van der Waals surface area contributed by atoms with Gasteiger partial charge < -0.3 is 5.32 Å². The number of carbonyl (C=O) groups is 1. The van der Waals surface area contributed by atoms with E-state index >= 15 is 0 Å². The first-order valence-corrected chi connectivity index (χ1v) is 7.05. The van der Waals surface area contributed by atoms with Crippen LogP contribution in [0.2, 0.25) is 0 Å². The number of hydrogen-bond donors (Lipinski definition) is 1. The highest BCUT2D eigenvalue weighted by Crippen LogP contribution is 2.20. The number of benzene rings is 1. The number of rotatable bonds is 4. The highest BCUT2D eigenvalue weighted by atomic mass is 35.5. The Hall–Kier alpha value is -1.32. The van der Waals surface area contributed by atoms with Crippen molar-refractivity contribution in [3.8, 4) is 0 Å². The second kappa shape index (κ2) is 6.03. The van der Waals surface area contributed by atoms with Gasteiger partial charge in [0.1, 0.15) is 5.38 Å². The van der Waals surface area contributed by atoms with Crippen LogP contribution in [0.1, 0.15) is 22.1 Å². The maximum Gasteiger partial charge on any atom is 0.242 e. The zero-order valence-electron chi connectivity index (χ0n) is 10.0. The molecule has 94 valence electrons. The molecular formula is C14H14ClNOS. The molecule has 0 radical (unpaired) electrons. The second-order valence-corrected chi connectivity index (χ2v) is 5.25. The molecule has 2 aromatic rings. The summed E-state index contributed by atoms with van der Waals surface area (Å²) in [5, 5.41) is 6.34. The van der Waals surface area contributed by atoms with Gasteiger partial charge in [-0.1, -0.05) is 30.3 Å². The predicted octanol–water partition coefficient (Wildman–Crippen LogP) is 3.65. The fraction of sp³-hybridized carbons (Fsp3) is 0.214. The minimum Gasteiger partial charge on any atom is -0.350 e. The van der Waals surface area contributed by atoms with E-state index in [1.54, 1.807) is 11.3 Å². The van der Waals surface area contributed by atoms with Crippen molar-refractivity contribution < 1.29 is 4.79 Å². The number of aryl methyl sites for hydroxylation is 1. The molecule has 4 heteroatoms. The summed E-state index contributed by atoms with van der Waals surface area (Å²) in [4.78, 5) is 11.9. The van der Waals surface area contributed by atoms with Crippen molar-refractivity contribution in [1.82, 2.24) is 5.32 Å². The van der Waals surface area contributed by atoms with E-state index in [0.29, 0.717) is 6.54 Å². The van der Waals surface area contributed by atoms with Crippen molar-refractivity contribution in [2.45, 2.75) is 18.8 Å². The van der Waals surface area contributed by atoms with Crippen LogP contribution in [0.5, 0.6) is 0 Å². The Morgan fingerprint density at radius 3 is 2.67 bits per heavy atom. The summed E-state index contributed by atoms with van der Waals surface area (Å²) in [5.74, 6) is -0.159. The Kier molecular flexibility index (Phi) is 4.39. The molecule has 18 heavy (non-hydrogen) atoms. The van der Waals surface area contributed by atoms with E-state index in [-0.39, 0.29) is 5.91 Å². The lowest BCUT2D eigenvalue weighted by atomic mass is 10.1. The third-order valence-corrected chi connectivity index (χ3v) is 4.10. The predicted molar refractivity (Wildman–Crippen MR) is 75.9 cm³/mol. The topological polar surface area (TPSA) is 29.1 Å². The lowest BCUT2D eigenvalue weighted by Crippen LogP contribution is -2.26. The van der Waals surface area contributed by atoms with E-state index in [0.717, 1.165) is 11.1 Å². The normalized spacial score (nSPS) is 12.1. The number of carbonyl (C=O) groups excluding carboxylic acids is 1. The number of thiophene rings is 1. The molecule has 0 fully saturated rings. The van der Waals surface area contributed by atoms with Crippen LogP contribution in [0, 0.1) is 6.92 Å². The molecule has 0 saturated carbocycles. The van der Waals surface area contributed by atoms with Crippen LogP contribution in [0.25, 0.3) is 0 Å². The fourth-order valence-corrected chi connectivity index (χ4v) is 2.69. The molecule has 0 saturated heterocycles. The first-order chi connectivity index (χ1) is 8.68. The first kappa shape index (κ1) is 13.1. The molecule has 1 unspecified atom stereocenters. The minimum atomic E-state index is -0.634. The van der Waals surface area contributed by atoms with Crippen LogP contribution in [0.3, 0.4) is 0 Å². The van der Waals surface area contributed by atoms with Gasteiger partial charge in [0.2, 0.25) is 5.91 Å². The van der Waals surface area contributed by atoms with Crippen molar-refractivity contribution in [3.63, 3.8) is 0 Å². The summed E-state index contributed by atoms with van der Waals surface area (Å²) in [6.45, 7) is 2.57. The Balaban J connectivity index is 1.95. The van der Waals surface area contributed by atoms with E-state index < -0.39 is 5.38 Å². The van der Waals surface area contributed by atoms with Crippen molar-refractivity contribution in [3.05, 3.63) is 57.8 Å². The Morgan fingerprint density at radius 1 is 1.33 bits per heavy atom. The molecule has 1 aromatic carbocycles. The van der Waals surface area contributed by atoms with Crippen molar-refractivity contribution in [2.75, 3.05) is 0 Å². The van der Waals surface area contributed by atoms with Crippen LogP contribution >= 0.6 is 22.9 Å². The molecule has 0 aliphatic carbocycles. The summed E-state index contributed by atoms with van der Waals surface area (Å²) in [7, 11) is 0. The van der Waals surface area contributed by atoms with Gasteiger partial charge in [-0.05, 0) is 34.4 Å². The van der Waals surface area contributed by atoms with E-state index in [2.05, 4.69) is 10.7 Å². The molecule has 0 aliphatic heterocycles. The van der Waals surface area contributed by atoms with E-state index in [1.807, 2.05) is 42.6 Å². The largest absolute Gasteiger partial charge is 0.350 e. The van der Waals surface area contributed by atoms with Crippen molar-refractivity contribution in [2.24, 2.45) is 0 Å². The molecule has 1 atom stereocenters. The van der Waals surface area contributed by atoms with E-state index in [9.17, 15) is 4.79 Å². The van der Waals surface area contributed by atoms with Gasteiger partial charge in [-0.25, -0.2) is 0 Å². The summed E-state index contributed by atoms with van der Waals surface area (Å²) in [6, 6.07) is 9.36. The van der Waals surface area contributed by atoms with Crippen LogP contribution in [-0.4, -0.2) is 5.91 Å². The summed E-state index contributed by atoms with van der Waals surface area (Å²) < 4.78 is 0. The average molecular weight is 280 g/mol. The van der Waals surface area contributed by atoms with Gasteiger partial charge in [0.05, 0.1) is 0 Å². The summed E-state index contributed by atoms with van der Waals surface area (Å²) in [5.41, 5.74) is 3.16. The van der Waals surface area contributed by atoms with Crippen LogP contribution in [0.4, 0.5) is 0 Å². The summed E-state index contributed by atoms with van der Waals surface area (Å²) >= 11 is 7.77. The molecule has 0 bridgehead atoms. The molecular weight excluding hydrogens is 266 g/mol. The minimum absolute atomic E-state index is 0.159.